The summed E-state index contributed by atoms with van der Waals surface area (Å²) in [5, 5.41) is 0.210. The number of aryl methyl sites for hydroxylation is 1. The Bertz CT molecular complexity index is 1070. The molecule has 7 heteroatoms. The zero-order chi connectivity index (χ0) is 21.2. The van der Waals surface area contributed by atoms with Gasteiger partial charge >= 0.3 is 0 Å². The molecule has 1 aromatic heterocycles. The van der Waals surface area contributed by atoms with Crippen molar-refractivity contribution >= 4 is 46.0 Å². The summed E-state index contributed by atoms with van der Waals surface area (Å²) in [6.45, 7) is 8.24. The molecule has 0 N–H and O–H groups in total. The number of nitrogens with zero attached hydrogens (tertiary/aromatic N) is 1. The van der Waals surface area contributed by atoms with Gasteiger partial charge in [-0.25, -0.2) is 4.74 Å². The Kier molecular flexibility index (Phi) is 6.52. The largest absolute Gasteiger partial charge is 0.494 e. The molecule has 29 heavy (non-hydrogen) atoms. The highest BCUT2D eigenvalue weighted by atomic mass is 79.9. The van der Waals surface area contributed by atoms with E-state index < -0.39 is 7.28 Å². The molecule has 0 aliphatic carbocycles. The Morgan fingerprint density at radius 1 is 1.07 bits per heavy atom. The second-order valence-corrected chi connectivity index (χ2v) is 12.3. The van der Waals surface area contributed by atoms with Gasteiger partial charge in [0.1, 0.15) is 22.9 Å². The maximum atomic E-state index is 6.71. The number of methoxy groups -OCH3 is 1. The van der Waals surface area contributed by atoms with E-state index in [0.29, 0.717) is 27.7 Å². The SMILES string of the molecule is COc1ccc(Cl)cc1N=P(Oc1cccc(Br)c1)(c1ccc(C)o1)C(C)(C)C. The van der Waals surface area contributed by atoms with Crippen molar-refractivity contribution in [3.63, 3.8) is 0 Å². The van der Waals surface area contributed by atoms with Crippen LogP contribution in [0, 0.1) is 6.92 Å². The fourth-order valence-electron chi connectivity index (χ4n) is 2.89. The van der Waals surface area contributed by atoms with Gasteiger partial charge in [-0.15, -0.1) is 0 Å². The van der Waals surface area contributed by atoms with E-state index >= 15 is 0 Å². The molecule has 0 spiro atoms. The van der Waals surface area contributed by atoms with Crippen molar-refractivity contribution in [2.24, 2.45) is 4.74 Å². The van der Waals surface area contributed by atoms with Gasteiger partial charge < -0.3 is 13.7 Å². The van der Waals surface area contributed by atoms with Crippen molar-refractivity contribution < 1.29 is 13.7 Å². The minimum Gasteiger partial charge on any atom is -0.494 e. The molecule has 0 saturated carbocycles. The number of halogens is 2. The van der Waals surface area contributed by atoms with Gasteiger partial charge in [-0.1, -0.05) is 54.4 Å². The van der Waals surface area contributed by atoms with Crippen LogP contribution in [0.25, 0.3) is 0 Å². The summed E-state index contributed by atoms with van der Waals surface area (Å²) in [6, 6.07) is 17.0. The molecule has 3 rings (SSSR count). The number of benzene rings is 2. The van der Waals surface area contributed by atoms with E-state index in [2.05, 4.69) is 36.7 Å². The summed E-state index contributed by atoms with van der Waals surface area (Å²) in [4.78, 5) is 0. The Hall–Kier alpha value is -1.68. The topological polar surface area (TPSA) is 44.0 Å². The normalized spacial score (nSPS) is 13.6. The maximum absolute atomic E-state index is 6.71. The highest BCUT2D eigenvalue weighted by molar-refractivity contribution is 9.10. The summed E-state index contributed by atoms with van der Waals surface area (Å²) in [6.07, 6.45) is 0. The van der Waals surface area contributed by atoms with Gasteiger partial charge in [-0.2, -0.15) is 0 Å². The molecule has 0 aliphatic heterocycles. The average Bonchev–Trinajstić information content (AvgIpc) is 3.07. The number of hydrogen-bond acceptors (Lipinski definition) is 4. The lowest BCUT2D eigenvalue weighted by Gasteiger charge is -2.35. The van der Waals surface area contributed by atoms with Gasteiger partial charge in [0.25, 0.3) is 0 Å². The summed E-state index contributed by atoms with van der Waals surface area (Å²) in [5.41, 5.74) is 1.34. The molecule has 0 radical (unpaired) electrons. The van der Waals surface area contributed by atoms with Crippen LogP contribution < -0.4 is 14.8 Å². The highest BCUT2D eigenvalue weighted by Gasteiger charge is 2.42. The third-order valence-electron chi connectivity index (χ3n) is 4.36. The third kappa shape index (κ3) is 4.74. The van der Waals surface area contributed by atoms with E-state index in [9.17, 15) is 0 Å². The van der Waals surface area contributed by atoms with E-state index in [0.717, 1.165) is 10.2 Å². The molecule has 1 unspecified atom stereocenters. The van der Waals surface area contributed by atoms with Crippen molar-refractivity contribution in [1.29, 1.82) is 0 Å². The summed E-state index contributed by atoms with van der Waals surface area (Å²) in [5.74, 6) is 2.14. The number of rotatable bonds is 5. The molecule has 0 amide bonds. The standard InChI is InChI=1S/C22H24BrClNO3P/c1-15-9-12-21(27-15)29(22(2,3)4,28-18-8-6-7-16(23)13-18)25-19-14-17(24)10-11-20(19)26-5/h6-14H,1-5H3. The van der Waals surface area contributed by atoms with Crippen LogP contribution >= 0.6 is 34.8 Å². The van der Waals surface area contributed by atoms with Crippen molar-refractivity contribution in [2.45, 2.75) is 32.9 Å². The van der Waals surface area contributed by atoms with Crippen LogP contribution in [0.4, 0.5) is 5.69 Å². The lowest BCUT2D eigenvalue weighted by Crippen LogP contribution is -2.26. The minimum atomic E-state index is -2.74. The van der Waals surface area contributed by atoms with Crippen molar-refractivity contribution in [3.05, 3.63) is 69.9 Å². The van der Waals surface area contributed by atoms with Crippen LogP contribution in [0.2, 0.25) is 5.02 Å². The average molecular weight is 497 g/mol. The predicted octanol–water partition coefficient (Wildman–Crippen LogP) is 7.96. The van der Waals surface area contributed by atoms with Gasteiger partial charge in [-0.05, 0) is 55.5 Å². The second kappa shape index (κ2) is 8.59. The molecule has 0 bridgehead atoms. The Balaban J connectivity index is 2.34. The van der Waals surface area contributed by atoms with E-state index in [1.165, 1.54) is 0 Å². The Morgan fingerprint density at radius 2 is 1.83 bits per heavy atom. The number of hydrogen-bond donors (Lipinski definition) is 0. The first-order chi connectivity index (χ1) is 13.6. The Morgan fingerprint density at radius 3 is 2.41 bits per heavy atom. The number of furan rings is 1. The molecule has 0 fully saturated rings. The van der Waals surface area contributed by atoms with Gasteiger partial charge in [0.05, 0.1) is 7.11 Å². The molecular weight excluding hydrogens is 473 g/mol. The first-order valence-corrected chi connectivity index (χ1v) is 12.0. The van der Waals surface area contributed by atoms with Crippen LogP contribution in [0.1, 0.15) is 26.5 Å². The first-order valence-electron chi connectivity index (χ1n) is 9.13. The zero-order valence-corrected chi connectivity index (χ0v) is 20.3. The van der Waals surface area contributed by atoms with E-state index in [1.54, 1.807) is 19.2 Å². The molecule has 1 atom stereocenters. The van der Waals surface area contributed by atoms with Crippen LogP contribution in [0.5, 0.6) is 11.5 Å². The third-order valence-corrected chi connectivity index (χ3v) is 8.71. The van der Waals surface area contributed by atoms with E-state index in [-0.39, 0.29) is 5.16 Å². The second-order valence-electron chi connectivity index (χ2n) is 7.60. The van der Waals surface area contributed by atoms with Crippen LogP contribution in [0.15, 0.2) is 68.2 Å². The maximum Gasteiger partial charge on any atom is 0.207 e. The molecule has 154 valence electrons. The first kappa shape index (κ1) is 22.0. The summed E-state index contributed by atoms with van der Waals surface area (Å²) in [7, 11) is -1.12. The van der Waals surface area contributed by atoms with Crippen molar-refractivity contribution in [2.75, 3.05) is 7.11 Å². The molecular formula is C22H24BrClNO3P. The molecule has 0 aliphatic rings. The van der Waals surface area contributed by atoms with Gasteiger partial charge in [0.15, 0.2) is 5.50 Å². The summed E-state index contributed by atoms with van der Waals surface area (Å²) < 4.78 is 24.5. The van der Waals surface area contributed by atoms with Crippen LogP contribution in [0.3, 0.4) is 0 Å². The minimum absolute atomic E-state index is 0.368. The molecule has 2 aromatic carbocycles. The fraction of sp³-hybridized carbons (Fsp3) is 0.273. The monoisotopic (exact) mass is 495 g/mol. The van der Waals surface area contributed by atoms with E-state index in [4.69, 9.17) is 30.0 Å². The molecule has 1 heterocycles. The predicted molar refractivity (Wildman–Crippen MR) is 125 cm³/mol. The highest BCUT2D eigenvalue weighted by Crippen LogP contribution is 2.63. The van der Waals surface area contributed by atoms with Gasteiger partial charge in [-0.3, -0.25) is 0 Å². The summed E-state index contributed by atoms with van der Waals surface area (Å²) >= 11 is 9.79. The molecule has 3 aromatic rings. The van der Waals surface area contributed by atoms with Crippen molar-refractivity contribution in [3.8, 4) is 11.5 Å². The molecule has 4 nitrogen and oxygen atoms in total. The zero-order valence-electron chi connectivity index (χ0n) is 17.1. The lowest BCUT2D eigenvalue weighted by atomic mass is 10.3. The Labute approximate surface area is 185 Å². The smallest absolute Gasteiger partial charge is 0.207 e. The molecule has 0 saturated heterocycles. The number of ether oxygens (including phenoxy) is 1. The fourth-order valence-corrected chi connectivity index (χ4v) is 6.32. The van der Waals surface area contributed by atoms with Crippen molar-refractivity contribution in [1.82, 2.24) is 0 Å². The van der Waals surface area contributed by atoms with E-state index in [1.807, 2.05) is 49.4 Å². The quantitative estimate of drug-likeness (QED) is 0.336. The van der Waals surface area contributed by atoms with Gasteiger partial charge in [0.2, 0.25) is 7.28 Å². The van der Waals surface area contributed by atoms with Crippen LogP contribution in [-0.4, -0.2) is 12.3 Å². The van der Waals surface area contributed by atoms with Gasteiger partial charge in [0, 0.05) is 14.7 Å². The van der Waals surface area contributed by atoms with Crippen LogP contribution in [-0.2, 0) is 0 Å². The lowest BCUT2D eigenvalue weighted by molar-refractivity contribution is 0.416.